The molecule has 3 rings (SSSR count). The zero-order valence-corrected chi connectivity index (χ0v) is 13.8. The third kappa shape index (κ3) is 3.56. The van der Waals surface area contributed by atoms with E-state index in [0.29, 0.717) is 9.75 Å². The second-order valence-electron chi connectivity index (χ2n) is 5.36. The first-order chi connectivity index (χ1) is 10.7. The van der Waals surface area contributed by atoms with Crippen molar-refractivity contribution in [2.75, 3.05) is 0 Å². The molecule has 22 heavy (non-hydrogen) atoms. The molecule has 2 aromatic heterocycles. The van der Waals surface area contributed by atoms with Crippen LogP contribution in [0.5, 0.6) is 0 Å². The molecule has 0 radical (unpaired) electrons. The van der Waals surface area contributed by atoms with Crippen LogP contribution in [0, 0.1) is 0 Å². The maximum Gasteiger partial charge on any atom is 0.279 e. The van der Waals surface area contributed by atoms with Gasteiger partial charge in [0.15, 0.2) is 0 Å². The topological polar surface area (TPSA) is 58.2 Å². The highest BCUT2D eigenvalue weighted by atomic mass is 32.1. The van der Waals surface area contributed by atoms with Gasteiger partial charge in [-0.25, -0.2) is 0 Å². The van der Waals surface area contributed by atoms with Gasteiger partial charge in [-0.05, 0) is 48.8 Å². The number of hydrogen-bond acceptors (Lipinski definition) is 4. The first-order valence-electron chi connectivity index (χ1n) is 7.50. The summed E-state index contributed by atoms with van der Waals surface area (Å²) in [5.41, 5.74) is 6.28. The van der Waals surface area contributed by atoms with E-state index < -0.39 is 0 Å². The summed E-state index contributed by atoms with van der Waals surface area (Å²) in [5, 5.41) is 1.83. The van der Waals surface area contributed by atoms with Crippen LogP contribution < -0.4 is 10.9 Å². The van der Waals surface area contributed by atoms with Crippen LogP contribution in [-0.4, -0.2) is 11.8 Å². The fourth-order valence-electron chi connectivity index (χ4n) is 2.60. The lowest BCUT2D eigenvalue weighted by Crippen LogP contribution is -2.41. The van der Waals surface area contributed by atoms with Crippen LogP contribution in [0.2, 0.25) is 0 Å². The van der Waals surface area contributed by atoms with Crippen LogP contribution >= 0.6 is 22.7 Å². The van der Waals surface area contributed by atoms with E-state index in [1.165, 1.54) is 47.5 Å². The van der Waals surface area contributed by atoms with Crippen molar-refractivity contribution in [2.24, 2.45) is 0 Å². The SMILES string of the molecule is O=C(NNC(=O)c1cc2c(s1)CCCCCC2)c1cccs1. The van der Waals surface area contributed by atoms with Gasteiger partial charge in [0, 0.05) is 4.88 Å². The Morgan fingerprint density at radius 1 is 0.955 bits per heavy atom. The van der Waals surface area contributed by atoms with Crippen molar-refractivity contribution < 1.29 is 9.59 Å². The average molecular weight is 334 g/mol. The molecular formula is C16H18N2O2S2. The van der Waals surface area contributed by atoms with Gasteiger partial charge in [0.1, 0.15) is 0 Å². The molecule has 2 N–H and O–H groups in total. The van der Waals surface area contributed by atoms with Crippen LogP contribution in [-0.2, 0) is 12.8 Å². The van der Waals surface area contributed by atoms with Gasteiger partial charge in [-0.1, -0.05) is 18.9 Å². The van der Waals surface area contributed by atoms with E-state index in [1.807, 2.05) is 11.4 Å². The summed E-state index contributed by atoms with van der Waals surface area (Å²) in [6.45, 7) is 0. The van der Waals surface area contributed by atoms with Crippen LogP contribution in [0.25, 0.3) is 0 Å². The fourth-order valence-corrected chi connectivity index (χ4v) is 4.37. The third-order valence-electron chi connectivity index (χ3n) is 3.75. The van der Waals surface area contributed by atoms with Gasteiger partial charge in [0.05, 0.1) is 9.75 Å². The number of carbonyl (C=O) groups excluding carboxylic acids is 2. The molecule has 0 saturated heterocycles. The number of rotatable bonds is 2. The lowest BCUT2D eigenvalue weighted by atomic mass is 10.00. The van der Waals surface area contributed by atoms with Gasteiger partial charge in [-0.15, -0.1) is 22.7 Å². The quantitative estimate of drug-likeness (QED) is 0.825. The highest BCUT2D eigenvalue weighted by Crippen LogP contribution is 2.28. The van der Waals surface area contributed by atoms with Crippen molar-refractivity contribution in [1.82, 2.24) is 10.9 Å². The van der Waals surface area contributed by atoms with Crippen LogP contribution in [0.4, 0.5) is 0 Å². The molecule has 1 aliphatic carbocycles. The van der Waals surface area contributed by atoms with Gasteiger partial charge in [0.25, 0.3) is 11.8 Å². The molecule has 116 valence electrons. The predicted molar refractivity (Wildman–Crippen MR) is 89.4 cm³/mol. The number of hydrogen-bond donors (Lipinski definition) is 2. The molecular weight excluding hydrogens is 316 g/mol. The summed E-state index contributed by atoms with van der Waals surface area (Å²) in [4.78, 5) is 26.6. The van der Waals surface area contributed by atoms with Crippen molar-refractivity contribution in [3.63, 3.8) is 0 Å². The molecule has 0 aliphatic heterocycles. The van der Waals surface area contributed by atoms with E-state index >= 15 is 0 Å². The molecule has 0 bridgehead atoms. The number of nitrogens with one attached hydrogen (secondary N) is 2. The van der Waals surface area contributed by atoms with Crippen LogP contribution in [0.15, 0.2) is 23.6 Å². The van der Waals surface area contributed by atoms with Crippen molar-refractivity contribution in [3.05, 3.63) is 43.8 Å². The number of aryl methyl sites for hydroxylation is 2. The van der Waals surface area contributed by atoms with E-state index in [9.17, 15) is 9.59 Å². The van der Waals surface area contributed by atoms with Crippen LogP contribution in [0.1, 0.15) is 55.5 Å². The molecule has 0 fully saturated rings. The van der Waals surface area contributed by atoms with Crippen LogP contribution in [0.3, 0.4) is 0 Å². The van der Waals surface area contributed by atoms with Gasteiger partial charge >= 0.3 is 0 Å². The lowest BCUT2D eigenvalue weighted by molar-refractivity contribution is 0.0851. The molecule has 2 amide bonds. The number of amides is 2. The van der Waals surface area contributed by atoms with Crippen molar-refractivity contribution in [1.29, 1.82) is 0 Å². The largest absolute Gasteiger partial charge is 0.279 e. The summed E-state index contributed by atoms with van der Waals surface area (Å²) in [6.07, 6.45) is 7.06. The van der Waals surface area contributed by atoms with E-state index in [4.69, 9.17) is 0 Å². The standard InChI is InChI=1S/C16H18N2O2S2/c19-15(13-8-5-9-21-13)17-18-16(20)14-10-11-6-3-1-2-4-7-12(11)22-14/h5,8-10H,1-4,6-7H2,(H,17,19)(H,18,20). The molecule has 0 saturated carbocycles. The maximum atomic E-state index is 12.2. The number of fused-ring (bicyclic) bond motifs is 1. The second kappa shape index (κ2) is 7.07. The lowest BCUT2D eigenvalue weighted by Gasteiger charge is -2.07. The number of thiophene rings is 2. The minimum atomic E-state index is -0.279. The third-order valence-corrected chi connectivity index (χ3v) is 5.86. The van der Waals surface area contributed by atoms with E-state index in [-0.39, 0.29) is 11.8 Å². The Morgan fingerprint density at radius 3 is 2.41 bits per heavy atom. The summed E-state index contributed by atoms with van der Waals surface area (Å²) >= 11 is 2.90. The normalized spacial score (nSPS) is 14.5. The van der Waals surface area contributed by atoms with Crippen molar-refractivity contribution in [3.8, 4) is 0 Å². The number of carbonyl (C=O) groups is 2. The summed E-state index contributed by atoms with van der Waals surface area (Å²) in [6, 6.07) is 5.52. The average Bonchev–Trinajstić information content (AvgIpc) is 3.14. The molecule has 4 nitrogen and oxygen atoms in total. The number of hydrazine groups is 1. The summed E-state index contributed by atoms with van der Waals surface area (Å²) in [7, 11) is 0. The molecule has 0 spiro atoms. The monoisotopic (exact) mass is 334 g/mol. The summed E-state index contributed by atoms with van der Waals surface area (Å²) in [5.74, 6) is -0.514. The molecule has 0 atom stereocenters. The zero-order valence-electron chi connectivity index (χ0n) is 12.2. The molecule has 2 heterocycles. The van der Waals surface area contributed by atoms with Crippen molar-refractivity contribution in [2.45, 2.75) is 38.5 Å². The Kier molecular flexibility index (Phi) is 4.90. The molecule has 0 aromatic carbocycles. The van der Waals surface area contributed by atoms with E-state index in [0.717, 1.165) is 12.8 Å². The van der Waals surface area contributed by atoms with Gasteiger partial charge in [-0.2, -0.15) is 0 Å². The maximum absolute atomic E-state index is 12.2. The Balaban J connectivity index is 1.62. The Hall–Kier alpha value is -1.66. The van der Waals surface area contributed by atoms with Gasteiger partial charge in [-0.3, -0.25) is 20.4 Å². The fraction of sp³-hybridized carbons (Fsp3) is 0.375. The minimum Gasteiger partial charge on any atom is -0.266 e. The second-order valence-corrected chi connectivity index (χ2v) is 7.44. The highest BCUT2D eigenvalue weighted by Gasteiger charge is 2.16. The van der Waals surface area contributed by atoms with E-state index in [2.05, 4.69) is 10.9 Å². The minimum absolute atomic E-state index is 0.235. The molecule has 6 heteroatoms. The smallest absolute Gasteiger partial charge is 0.266 e. The zero-order chi connectivity index (χ0) is 15.4. The first-order valence-corrected chi connectivity index (χ1v) is 9.19. The highest BCUT2D eigenvalue weighted by molar-refractivity contribution is 7.14. The Bertz CT molecular complexity index is 636. The first kappa shape index (κ1) is 15.2. The van der Waals surface area contributed by atoms with E-state index in [1.54, 1.807) is 23.5 Å². The molecule has 1 aliphatic rings. The molecule has 0 unspecified atom stereocenters. The van der Waals surface area contributed by atoms with Crippen molar-refractivity contribution >= 4 is 34.5 Å². The van der Waals surface area contributed by atoms with Gasteiger partial charge < -0.3 is 0 Å². The Morgan fingerprint density at radius 2 is 1.68 bits per heavy atom. The molecule has 2 aromatic rings. The summed E-state index contributed by atoms with van der Waals surface area (Å²) < 4.78 is 0. The predicted octanol–water partition coefficient (Wildman–Crippen LogP) is 3.54. The Labute approximate surface area is 137 Å². The van der Waals surface area contributed by atoms with Gasteiger partial charge in [0.2, 0.25) is 0 Å².